The summed E-state index contributed by atoms with van der Waals surface area (Å²) < 4.78 is 0. The van der Waals surface area contributed by atoms with Crippen LogP contribution < -0.4 is 4.98 Å². The van der Waals surface area contributed by atoms with Crippen molar-refractivity contribution in [1.29, 1.82) is 0 Å². The third-order valence-corrected chi connectivity index (χ3v) is 7.10. The van der Waals surface area contributed by atoms with Crippen LogP contribution in [0.2, 0.25) is 0 Å². The van der Waals surface area contributed by atoms with Gasteiger partial charge in [0.15, 0.2) is 0 Å². The second-order valence-corrected chi connectivity index (χ2v) is 12.9. The molecule has 5 nitrogen and oxygen atoms in total. The molecular formula is C20H26N5OsP2+2. The Labute approximate surface area is 181 Å². The topological polar surface area (TPSA) is 65.7 Å². The maximum absolute atomic E-state index is 4.40. The molecule has 0 saturated heterocycles. The van der Waals surface area contributed by atoms with Gasteiger partial charge in [-0.2, -0.15) is 0 Å². The van der Waals surface area contributed by atoms with Crippen LogP contribution in [0.25, 0.3) is 33.5 Å². The largest absolute Gasteiger partial charge is 1.00 e. The van der Waals surface area contributed by atoms with Gasteiger partial charge in [0.05, 0.1) is 23.7 Å². The van der Waals surface area contributed by atoms with Gasteiger partial charge in [-0.25, -0.2) is 9.97 Å². The van der Waals surface area contributed by atoms with E-state index in [1.54, 1.807) is 6.20 Å². The van der Waals surface area contributed by atoms with Crippen molar-refractivity contribution in [2.45, 2.75) is 0 Å². The molecule has 4 rings (SSSR count). The van der Waals surface area contributed by atoms with Crippen molar-refractivity contribution in [2.75, 3.05) is 39.0 Å². The average Bonchev–Trinajstić information content (AvgIpc) is 3.11. The molecule has 0 aliphatic carbocycles. The molecule has 0 N–H and O–H groups in total. The predicted molar refractivity (Wildman–Crippen MR) is 121 cm³/mol. The van der Waals surface area contributed by atoms with E-state index in [4.69, 9.17) is 0 Å². The number of hydrogen-bond donors (Lipinski definition) is 0. The van der Waals surface area contributed by atoms with Gasteiger partial charge in [0.25, 0.3) is 0 Å². The fraction of sp³-hybridized carbons (Fsp3) is 0.300. The Morgan fingerprint density at radius 1 is 0.893 bits per heavy atom. The van der Waals surface area contributed by atoms with Gasteiger partial charge in [-0.3, -0.25) is 4.98 Å². The Morgan fingerprint density at radius 3 is 2.21 bits per heavy atom. The Hall–Kier alpha value is -1.32. The Bertz CT molecular complexity index is 979. The first kappa shape index (κ1) is 23.0. The Kier molecular flexibility index (Phi) is 9.03. The minimum Gasteiger partial charge on any atom is -0.432 e. The summed E-state index contributed by atoms with van der Waals surface area (Å²) in [5, 5.41) is 2.22. The summed E-state index contributed by atoms with van der Waals surface area (Å²) in [7, 11) is 0.191. The molecule has 0 spiro atoms. The molecule has 3 aromatic heterocycles. The van der Waals surface area contributed by atoms with E-state index in [0.717, 1.165) is 16.5 Å². The molecule has 0 fully saturated rings. The fourth-order valence-corrected chi connectivity index (χ4v) is 6.54. The van der Waals surface area contributed by atoms with Crippen molar-refractivity contribution in [3.8, 4) is 11.5 Å². The molecule has 3 heterocycles. The molecule has 4 aromatic rings. The van der Waals surface area contributed by atoms with Crippen molar-refractivity contribution in [3.05, 3.63) is 49.1 Å². The standard InChI is InChI=1S/C14H8N5.C6H16P2.Os/c1-2-4-10-6-16-11(5-9(10)3-1)14-18-12-7-15-8-17-13(12)19-14;1-7(2)5-6-8(3)4;/h1-8H;5-6H2,1-4H3;/q-1;;+1/p+2. The molecule has 0 aliphatic rings. The van der Waals surface area contributed by atoms with Crippen LogP contribution in [0.1, 0.15) is 0 Å². The molecule has 8 heteroatoms. The van der Waals surface area contributed by atoms with Crippen LogP contribution in [-0.2, 0) is 19.8 Å². The molecular weight excluding hydrogens is 562 g/mol. The summed E-state index contributed by atoms with van der Waals surface area (Å²) in [6.45, 7) is 9.59. The van der Waals surface area contributed by atoms with Crippen LogP contribution in [0.3, 0.4) is 0 Å². The van der Waals surface area contributed by atoms with Gasteiger partial charge in [0.1, 0.15) is 6.33 Å². The van der Waals surface area contributed by atoms with Gasteiger partial charge in [0, 0.05) is 44.4 Å². The van der Waals surface area contributed by atoms with Crippen LogP contribution in [0, 0.1) is 0 Å². The Morgan fingerprint density at radius 2 is 1.57 bits per heavy atom. The summed E-state index contributed by atoms with van der Waals surface area (Å²) in [5.41, 5.74) is 2.03. The number of rotatable bonds is 4. The third kappa shape index (κ3) is 6.35. The summed E-state index contributed by atoms with van der Waals surface area (Å²) in [6.07, 6.45) is 8.02. The van der Waals surface area contributed by atoms with Gasteiger partial charge in [-0.15, -0.1) is 0 Å². The normalized spacial score (nSPS) is 10.8. The van der Waals surface area contributed by atoms with E-state index >= 15 is 0 Å². The van der Waals surface area contributed by atoms with E-state index in [1.165, 1.54) is 18.7 Å². The van der Waals surface area contributed by atoms with E-state index in [-0.39, 0.29) is 35.6 Å². The molecule has 0 unspecified atom stereocenters. The second kappa shape index (κ2) is 11.0. The van der Waals surface area contributed by atoms with E-state index in [1.807, 2.05) is 36.5 Å². The minimum absolute atomic E-state index is 0. The number of imidazole rings is 1. The molecule has 147 valence electrons. The summed E-state index contributed by atoms with van der Waals surface area (Å²) in [5.74, 6) is 0.584. The molecule has 0 amide bonds. The minimum atomic E-state index is 0. The van der Waals surface area contributed by atoms with Crippen LogP contribution in [-0.4, -0.2) is 58.9 Å². The monoisotopic (exact) mass is 590 g/mol. The van der Waals surface area contributed by atoms with E-state index < -0.39 is 0 Å². The Balaban J connectivity index is 0.000000270. The first-order valence-corrected chi connectivity index (χ1v) is 14.5. The molecule has 0 saturated carbocycles. The SMILES string of the molecule is C[PH+](C)CC[PH+](C)C.[Os+].c1ccc2cc(-c3nc4ncncc4[n-]3)ncc2c1. The quantitative estimate of drug-likeness (QED) is 0.336. The number of fused-ring (bicyclic) bond motifs is 2. The van der Waals surface area contributed by atoms with Crippen molar-refractivity contribution in [1.82, 2.24) is 24.9 Å². The van der Waals surface area contributed by atoms with Gasteiger partial charge < -0.3 is 9.97 Å². The summed E-state index contributed by atoms with van der Waals surface area (Å²) in [6, 6.07) is 10.0. The van der Waals surface area contributed by atoms with Gasteiger partial charge in [-0.05, 0) is 38.6 Å². The van der Waals surface area contributed by atoms with E-state index in [0.29, 0.717) is 17.0 Å². The molecule has 1 radical (unpaired) electrons. The van der Waals surface area contributed by atoms with Crippen molar-refractivity contribution in [3.63, 3.8) is 0 Å². The smallest absolute Gasteiger partial charge is 0.432 e. The number of pyridine rings is 1. The first-order valence-electron chi connectivity index (χ1n) is 9.06. The zero-order valence-electron chi connectivity index (χ0n) is 16.6. The van der Waals surface area contributed by atoms with Crippen molar-refractivity contribution >= 4 is 37.8 Å². The van der Waals surface area contributed by atoms with Crippen LogP contribution in [0.15, 0.2) is 49.1 Å². The molecule has 0 aliphatic heterocycles. The van der Waals surface area contributed by atoms with Crippen molar-refractivity contribution < 1.29 is 19.8 Å². The zero-order valence-corrected chi connectivity index (χ0v) is 21.2. The van der Waals surface area contributed by atoms with Gasteiger partial charge >= 0.3 is 19.8 Å². The zero-order chi connectivity index (χ0) is 19.2. The first-order chi connectivity index (χ1) is 13.0. The maximum Gasteiger partial charge on any atom is 1.00 e. The predicted octanol–water partition coefficient (Wildman–Crippen LogP) is 4.13. The number of benzene rings is 1. The number of nitrogens with zero attached hydrogens (tertiary/aromatic N) is 5. The summed E-state index contributed by atoms with van der Waals surface area (Å²) >= 11 is 0. The van der Waals surface area contributed by atoms with Crippen LogP contribution in [0.5, 0.6) is 0 Å². The van der Waals surface area contributed by atoms with Crippen LogP contribution in [0.4, 0.5) is 0 Å². The van der Waals surface area contributed by atoms with E-state index in [2.05, 4.69) is 51.6 Å². The third-order valence-electron chi connectivity index (χ3n) is 4.10. The van der Waals surface area contributed by atoms with E-state index in [9.17, 15) is 0 Å². The number of aromatic nitrogens is 5. The van der Waals surface area contributed by atoms with Gasteiger partial charge in [-0.1, -0.05) is 24.3 Å². The maximum atomic E-state index is 4.40. The fourth-order valence-electron chi connectivity index (χ4n) is 2.54. The van der Waals surface area contributed by atoms with Crippen molar-refractivity contribution in [2.24, 2.45) is 0 Å². The van der Waals surface area contributed by atoms with Crippen LogP contribution >= 0.6 is 15.8 Å². The van der Waals surface area contributed by atoms with Gasteiger partial charge in [0.2, 0.25) is 0 Å². The number of hydrogen-bond acceptors (Lipinski definition) is 4. The average molecular weight is 589 g/mol. The summed E-state index contributed by atoms with van der Waals surface area (Å²) in [4.78, 5) is 21.2. The molecule has 28 heavy (non-hydrogen) atoms. The molecule has 1 aromatic carbocycles. The molecule has 0 bridgehead atoms. The second-order valence-electron chi connectivity index (χ2n) is 7.11. The molecule has 0 atom stereocenters.